The average Bonchev–Trinajstić information content (AvgIpc) is 3.17. The number of rotatable bonds is 5. The molecule has 0 fully saturated rings. The first kappa shape index (κ1) is 19.4. The van der Waals surface area contributed by atoms with Crippen LogP contribution in [0.4, 0.5) is 5.69 Å². The molecule has 4 rings (SSSR count). The minimum Gasteiger partial charge on any atom is -0.368 e. The van der Waals surface area contributed by atoms with Crippen LogP contribution in [0.15, 0.2) is 59.1 Å². The van der Waals surface area contributed by atoms with Crippen LogP contribution in [0.2, 0.25) is 0 Å². The second-order valence-corrected chi connectivity index (χ2v) is 8.81. The smallest absolute Gasteiger partial charge is 0.270 e. The quantitative estimate of drug-likeness (QED) is 0.758. The molecule has 150 valence electrons. The van der Waals surface area contributed by atoms with Crippen molar-refractivity contribution < 1.29 is 18.0 Å². The van der Waals surface area contributed by atoms with Crippen LogP contribution in [0, 0.1) is 0 Å². The zero-order valence-corrected chi connectivity index (χ0v) is 17.2. The van der Waals surface area contributed by atoms with Crippen LogP contribution in [0.25, 0.3) is 0 Å². The fraction of sp³-hybridized carbons (Fsp3) is 0.273. The first-order valence-corrected chi connectivity index (χ1v) is 11.1. The summed E-state index contributed by atoms with van der Waals surface area (Å²) in [6.45, 7) is 4.76. The first-order chi connectivity index (χ1) is 13.9. The number of fused-ring (bicyclic) bond motifs is 2. The van der Waals surface area contributed by atoms with Crippen LogP contribution in [-0.2, 0) is 16.4 Å². The highest BCUT2D eigenvalue weighted by Crippen LogP contribution is 2.37. The predicted octanol–water partition coefficient (Wildman–Crippen LogP) is 3.01. The van der Waals surface area contributed by atoms with Gasteiger partial charge in [-0.15, -0.1) is 0 Å². The van der Waals surface area contributed by atoms with E-state index >= 15 is 0 Å². The van der Waals surface area contributed by atoms with Crippen molar-refractivity contribution in [1.29, 1.82) is 0 Å². The average molecular weight is 410 g/mol. The van der Waals surface area contributed by atoms with Crippen LogP contribution in [-0.4, -0.2) is 44.5 Å². The SMILES string of the molecule is CCN(CC)C1=C(S(=O)(=O)N2CCc3ccccc32)C(=O)c2ccccc2C1=O. The maximum Gasteiger partial charge on any atom is 0.270 e. The molecule has 0 aromatic heterocycles. The Morgan fingerprint density at radius 2 is 1.48 bits per heavy atom. The van der Waals surface area contributed by atoms with E-state index in [2.05, 4.69) is 0 Å². The van der Waals surface area contributed by atoms with Gasteiger partial charge in [-0.1, -0.05) is 42.5 Å². The molecule has 0 radical (unpaired) electrons. The van der Waals surface area contributed by atoms with Gasteiger partial charge in [-0.3, -0.25) is 13.9 Å². The van der Waals surface area contributed by atoms with Crippen molar-refractivity contribution in [3.8, 4) is 0 Å². The van der Waals surface area contributed by atoms with E-state index in [1.165, 1.54) is 10.4 Å². The Hall–Kier alpha value is -2.93. The predicted molar refractivity (Wildman–Crippen MR) is 111 cm³/mol. The lowest BCUT2D eigenvalue weighted by molar-refractivity contribution is 0.0949. The topological polar surface area (TPSA) is 74.8 Å². The van der Waals surface area contributed by atoms with Crippen molar-refractivity contribution in [2.24, 2.45) is 0 Å². The molecule has 0 bridgehead atoms. The number of hydrogen-bond donors (Lipinski definition) is 0. The number of carbonyl (C=O) groups is 2. The molecule has 0 N–H and O–H groups in total. The van der Waals surface area contributed by atoms with Crippen LogP contribution in [0.3, 0.4) is 0 Å². The maximum atomic E-state index is 13.7. The molecule has 0 unspecified atom stereocenters. The minimum atomic E-state index is -4.21. The lowest BCUT2D eigenvalue weighted by Crippen LogP contribution is -2.41. The van der Waals surface area contributed by atoms with E-state index in [9.17, 15) is 18.0 Å². The van der Waals surface area contributed by atoms with Gasteiger partial charge in [0.25, 0.3) is 10.0 Å². The number of Topliss-reactive ketones (excluding diaryl/α,β-unsaturated/α-hetero) is 2. The molecule has 0 saturated carbocycles. The zero-order valence-electron chi connectivity index (χ0n) is 16.4. The second kappa shape index (κ2) is 7.15. The molecule has 0 atom stereocenters. The fourth-order valence-corrected chi connectivity index (χ4v) is 5.87. The molecule has 1 aliphatic heterocycles. The van der Waals surface area contributed by atoms with Gasteiger partial charge in [0.2, 0.25) is 11.6 Å². The van der Waals surface area contributed by atoms with Gasteiger partial charge < -0.3 is 4.90 Å². The van der Waals surface area contributed by atoms with Crippen molar-refractivity contribution in [2.75, 3.05) is 23.9 Å². The third-order valence-electron chi connectivity index (χ3n) is 5.52. The van der Waals surface area contributed by atoms with E-state index in [1.807, 2.05) is 26.0 Å². The highest BCUT2D eigenvalue weighted by Gasteiger charge is 2.44. The number of carbonyl (C=O) groups excluding carboxylic acids is 2. The Labute approximate surface area is 170 Å². The summed E-state index contributed by atoms with van der Waals surface area (Å²) in [5, 5.41) is 0. The Bertz CT molecular complexity index is 1150. The van der Waals surface area contributed by atoms with E-state index < -0.39 is 26.5 Å². The van der Waals surface area contributed by atoms with Crippen molar-refractivity contribution in [1.82, 2.24) is 4.90 Å². The standard InChI is InChI=1S/C22H22N2O4S/c1-3-23(4-2)19-20(25)16-10-6-7-11-17(16)21(26)22(19)29(27,28)24-14-13-15-9-5-8-12-18(15)24/h5-12H,3-4,13-14H2,1-2H3. The van der Waals surface area contributed by atoms with Crippen molar-refractivity contribution in [2.45, 2.75) is 20.3 Å². The molecule has 1 heterocycles. The molecule has 2 aromatic carbocycles. The molecule has 0 spiro atoms. The van der Waals surface area contributed by atoms with E-state index in [4.69, 9.17) is 0 Å². The lowest BCUT2D eigenvalue weighted by Gasteiger charge is -2.31. The number of para-hydroxylation sites is 1. The van der Waals surface area contributed by atoms with E-state index in [-0.39, 0.29) is 23.4 Å². The summed E-state index contributed by atoms with van der Waals surface area (Å²) in [5.74, 6) is -1.04. The van der Waals surface area contributed by atoms with Gasteiger partial charge in [0.05, 0.1) is 5.69 Å². The highest BCUT2D eigenvalue weighted by atomic mass is 32.2. The summed E-state index contributed by atoms with van der Waals surface area (Å²) in [4.78, 5) is 27.9. The fourth-order valence-electron chi connectivity index (χ4n) is 4.07. The maximum absolute atomic E-state index is 13.7. The molecular formula is C22H22N2O4S. The third-order valence-corrected chi connectivity index (χ3v) is 7.38. The summed E-state index contributed by atoms with van der Waals surface area (Å²) in [7, 11) is -4.21. The van der Waals surface area contributed by atoms with Gasteiger partial charge in [0, 0.05) is 30.8 Å². The van der Waals surface area contributed by atoms with Crippen molar-refractivity contribution in [3.63, 3.8) is 0 Å². The summed E-state index contributed by atoms with van der Waals surface area (Å²) >= 11 is 0. The molecule has 7 heteroatoms. The Kier molecular flexibility index (Phi) is 4.78. The zero-order chi connectivity index (χ0) is 20.8. The van der Waals surface area contributed by atoms with Gasteiger partial charge >= 0.3 is 0 Å². The van der Waals surface area contributed by atoms with E-state index in [0.717, 1.165) is 5.56 Å². The normalized spacial score (nSPS) is 16.1. The van der Waals surface area contributed by atoms with Gasteiger partial charge in [0.1, 0.15) is 5.70 Å². The number of hydrogen-bond acceptors (Lipinski definition) is 5. The number of anilines is 1. The molecule has 2 aliphatic rings. The summed E-state index contributed by atoms with van der Waals surface area (Å²) in [6.07, 6.45) is 0.571. The molecular weight excluding hydrogens is 388 g/mol. The van der Waals surface area contributed by atoms with E-state index in [1.54, 1.807) is 35.2 Å². The first-order valence-electron chi connectivity index (χ1n) is 9.70. The summed E-state index contributed by atoms with van der Waals surface area (Å²) in [6, 6.07) is 13.7. The Morgan fingerprint density at radius 3 is 2.14 bits per heavy atom. The Balaban J connectivity index is 1.96. The van der Waals surface area contributed by atoms with Crippen molar-refractivity contribution in [3.05, 3.63) is 75.8 Å². The Morgan fingerprint density at radius 1 is 0.897 bits per heavy atom. The second-order valence-electron chi connectivity index (χ2n) is 7.01. The third kappa shape index (κ3) is 2.88. The van der Waals surface area contributed by atoms with Gasteiger partial charge in [-0.25, -0.2) is 8.42 Å². The van der Waals surface area contributed by atoms with E-state index in [0.29, 0.717) is 25.2 Å². The molecule has 1 aliphatic carbocycles. The number of likely N-dealkylation sites (N-methyl/N-ethyl adjacent to an activating group) is 1. The lowest BCUT2D eigenvalue weighted by atomic mass is 9.92. The number of benzene rings is 2. The van der Waals surface area contributed by atoms with Gasteiger partial charge in [-0.2, -0.15) is 0 Å². The number of nitrogens with zero attached hydrogens (tertiary/aromatic N) is 2. The minimum absolute atomic E-state index is 0.0249. The van der Waals surface area contributed by atoms with Crippen LogP contribution in [0.1, 0.15) is 40.1 Å². The highest BCUT2D eigenvalue weighted by molar-refractivity contribution is 7.97. The van der Waals surface area contributed by atoms with Crippen molar-refractivity contribution >= 4 is 27.3 Å². The molecule has 0 saturated heterocycles. The largest absolute Gasteiger partial charge is 0.368 e. The molecule has 6 nitrogen and oxygen atoms in total. The number of allylic oxidation sites excluding steroid dienone is 2. The summed E-state index contributed by atoms with van der Waals surface area (Å²) < 4.78 is 28.7. The number of sulfonamides is 1. The molecule has 2 aromatic rings. The van der Waals surface area contributed by atoms with Crippen LogP contribution >= 0.6 is 0 Å². The summed E-state index contributed by atoms with van der Waals surface area (Å²) in [5.41, 5.74) is 1.84. The molecule has 29 heavy (non-hydrogen) atoms. The van der Waals surface area contributed by atoms with Crippen LogP contribution in [0.5, 0.6) is 0 Å². The van der Waals surface area contributed by atoms with Gasteiger partial charge in [0.15, 0.2) is 4.91 Å². The monoisotopic (exact) mass is 410 g/mol. The van der Waals surface area contributed by atoms with Gasteiger partial charge in [-0.05, 0) is 31.9 Å². The van der Waals surface area contributed by atoms with Crippen LogP contribution < -0.4 is 4.31 Å². The number of ketones is 2. The molecule has 0 amide bonds.